The quantitative estimate of drug-likeness (QED) is 0.144. The molecule has 0 spiro atoms. The van der Waals surface area contributed by atoms with Gasteiger partial charge in [0.2, 0.25) is 11.8 Å². The molecular formula is C28H36N7O9P. The van der Waals surface area contributed by atoms with Crippen LogP contribution in [0.4, 0.5) is 5.95 Å². The molecule has 0 saturated carbocycles. The minimum absolute atomic E-state index is 0.105. The standard InChI is InChI=1S/C28H36N7O9P/c1-15(24(37)43-27(2,3)4)34-45(39,44-17-9-10-18-16(12-17)8-7-11-30-18)41-13-19-21(36)28(5,38)25(42-19)35-14-31-20-22(35)32-26(29)33-23(20)40-6/h7-12,14-15,19,21,25,36,38H,13H2,1-6H3,(H,34,39)(H2,29,32,33)/t15-,19+,21+,25?,28+,45?/m0/s1. The number of nitrogen functional groups attached to an aromatic ring is 1. The first-order chi connectivity index (χ1) is 21.1. The zero-order valence-electron chi connectivity index (χ0n) is 25.6. The predicted molar refractivity (Wildman–Crippen MR) is 161 cm³/mol. The van der Waals surface area contributed by atoms with Gasteiger partial charge in [-0.2, -0.15) is 15.1 Å². The summed E-state index contributed by atoms with van der Waals surface area (Å²) in [5.74, 6) is -0.521. The van der Waals surface area contributed by atoms with E-state index in [1.54, 1.807) is 57.3 Å². The third kappa shape index (κ3) is 6.85. The molecule has 0 amide bonds. The lowest BCUT2D eigenvalue weighted by atomic mass is 9.96. The summed E-state index contributed by atoms with van der Waals surface area (Å²) in [4.78, 5) is 29.5. The number of hydrogen-bond donors (Lipinski definition) is 4. The maximum Gasteiger partial charge on any atom is 0.459 e. The first-order valence-corrected chi connectivity index (χ1v) is 15.5. The molecule has 0 aliphatic carbocycles. The summed E-state index contributed by atoms with van der Waals surface area (Å²) < 4.78 is 43.8. The molecular weight excluding hydrogens is 609 g/mol. The summed E-state index contributed by atoms with van der Waals surface area (Å²) in [7, 11) is -2.97. The topological polar surface area (TPSA) is 215 Å². The number of carbonyl (C=O) groups is 1. The Morgan fingerprint density at radius 2 is 2.02 bits per heavy atom. The van der Waals surface area contributed by atoms with Crippen LogP contribution in [0.3, 0.4) is 0 Å². The number of benzene rings is 1. The van der Waals surface area contributed by atoms with Gasteiger partial charge in [-0.25, -0.2) is 9.55 Å². The maximum atomic E-state index is 14.2. The van der Waals surface area contributed by atoms with E-state index in [9.17, 15) is 19.6 Å². The van der Waals surface area contributed by atoms with Gasteiger partial charge in [-0.3, -0.25) is 18.9 Å². The molecule has 16 nitrogen and oxygen atoms in total. The number of nitrogens with two attached hydrogens (primary N) is 1. The molecule has 6 atom stereocenters. The number of carbonyl (C=O) groups excluding carboxylic acids is 1. The molecule has 1 aliphatic heterocycles. The Bertz CT molecular complexity index is 1760. The lowest BCUT2D eigenvalue weighted by Crippen LogP contribution is -2.44. The molecule has 1 aliphatic rings. The van der Waals surface area contributed by atoms with Crippen LogP contribution in [0.25, 0.3) is 22.1 Å². The summed E-state index contributed by atoms with van der Waals surface area (Å²) in [6.07, 6.45) is -1.01. The fourth-order valence-electron chi connectivity index (χ4n) is 4.79. The average Bonchev–Trinajstić information content (AvgIpc) is 3.47. The van der Waals surface area contributed by atoms with Gasteiger partial charge >= 0.3 is 13.7 Å². The Morgan fingerprint density at radius 3 is 2.73 bits per heavy atom. The SMILES string of the molecule is COc1nc(N)nc2c1ncn2C1O[C@H](COP(=O)(N[C@@H](C)C(=O)OC(C)(C)C)Oc2ccc3ncccc3c2)[C@@H](O)[C@@]1(C)O. The van der Waals surface area contributed by atoms with Crippen LogP contribution < -0.4 is 20.1 Å². The summed E-state index contributed by atoms with van der Waals surface area (Å²) in [5, 5.41) is 25.8. The Balaban J connectivity index is 1.40. The van der Waals surface area contributed by atoms with E-state index in [-0.39, 0.29) is 28.7 Å². The van der Waals surface area contributed by atoms with Crippen LogP contribution in [0.1, 0.15) is 40.8 Å². The number of esters is 1. The molecule has 1 saturated heterocycles. The molecule has 242 valence electrons. The highest BCUT2D eigenvalue weighted by Crippen LogP contribution is 2.47. The number of aromatic nitrogens is 5. The number of aliphatic hydroxyl groups is 2. The molecule has 3 aromatic heterocycles. The molecule has 4 heterocycles. The van der Waals surface area contributed by atoms with Gasteiger partial charge in [0.15, 0.2) is 17.4 Å². The molecule has 1 aromatic carbocycles. The first-order valence-electron chi connectivity index (χ1n) is 14.0. The molecule has 5 N–H and O–H groups in total. The largest absolute Gasteiger partial charge is 0.479 e. The minimum atomic E-state index is -4.37. The second-order valence-electron chi connectivity index (χ2n) is 11.7. The lowest BCUT2D eigenvalue weighted by molar-refractivity contribution is -0.156. The number of aliphatic hydroxyl groups excluding tert-OH is 1. The Kier molecular flexibility index (Phi) is 8.74. The van der Waals surface area contributed by atoms with E-state index < -0.39 is 56.0 Å². The van der Waals surface area contributed by atoms with E-state index in [1.165, 1.54) is 31.9 Å². The van der Waals surface area contributed by atoms with Crippen LogP contribution in [-0.4, -0.2) is 83.9 Å². The number of hydrogen-bond acceptors (Lipinski definition) is 14. The second kappa shape index (κ2) is 12.1. The Hall–Kier alpha value is -3.92. The monoisotopic (exact) mass is 645 g/mol. The van der Waals surface area contributed by atoms with Gasteiger partial charge < -0.3 is 34.7 Å². The van der Waals surface area contributed by atoms with E-state index in [4.69, 9.17) is 29.0 Å². The summed E-state index contributed by atoms with van der Waals surface area (Å²) in [6.45, 7) is 7.39. The van der Waals surface area contributed by atoms with Crippen molar-refractivity contribution in [3.63, 3.8) is 0 Å². The van der Waals surface area contributed by atoms with E-state index >= 15 is 0 Å². The van der Waals surface area contributed by atoms with Gasteiger partial charge in [0.25, 0.3) is 0 Å². The lowest BCUT2D eigenvalue weighted by Gasteiger charge is -2.27. The van der Waals surface area contributed by atoms with Gasteiger partial charge in [0, 0.05) is 11.6 Å². The number of fused-ring (bicyclic) bond motifs is 2. The number of imidazole rings is 1. The molecule has 5 rings (SSSR count). The van der Waals surface area contributed by atoms with E-state index in [1.807, 2.05) is 0 Å². The molecule has 4 aromatic rings. The number of anilines is 1. The average molecular weight is 646 g/mol. The van der Waals surface area contributed by atoms with E-state index in [0.717, 1.165) is 0 Å². The third-order valence-corrected chi connectivity index (χ3v) is 8.57. The number of pyridine rings is 1. The fourth-order valence-corrected chi connectivity index (χ4v) is 6.28. The highest BCUT2D eigenvalue weighted by Gasteiger charge is 2.54. The number of rotatable bonds is 10. The van der Waals surface area contributed by atoms with E-state index in [2.05, 4.69) is 25.0 Å². The zero-order chi connectivity index (χ0) is 32.7. The van der Waals surface area contributed by atoms with Gasteiger partial charge in [-0.15, -0.1) is 0 Å². The van der Waals surface area contributed by atoms with Crippen molar-refractivity contribution in [2.75, 3.05) is 19.5 Å². The van der Waals surface area contributed by atoms with Crippen LogP contribution in [0.5, 0.6) is 11.6 Å². The molecule has 45 heavy (non-hydrogen) atoms. The number of ether oxygens (including phenoxy) is 3. The Morgan fingerprint density at radius 1 is 1.27 bits per heavy atom. The van der Waals surface area contributed by atoms with Crippen LogP contribution in [0, 0.1) is 0 Å². The number of nitrogens with one attached hydrogen (secondary N) is 1. The Labute approximate surface area is 258 Å². The van der Waals surface area contributed by atoms with Gasteiger partial charge in [0.05, 0.1) is 25.6 Å². The molecule has 0 radical (unpaired) electrons. The van der Waals surface area contributed by atoms with Gasteiger partial charge in [0.1, 0.15) is 35.2 Å². The molecule has 1 fully saturated rings. The summed E-state index contributed by atoms with van der Waals surface area (Å²) >= 11 is 0. The van der Waals surface area contributed by atoms with Crippen molar-refractivity contribution in [2.24, 2.45) is 0 Å². The van der Waals surface area contributed by atoms with Gasteiger partial charge in [-0.05, 0) is 58.9 Å². The summed E-state index contributed by atoms with van der Waals surface area (Å²) in [5.41, 5.74) is 4.25. The number of methoxy groups -OCH3 is 1. The molecule has 0 bridgehead atoms. The smallest absolute Gasteiger partial charge is 0.459 e. The highest BCUT2D eigenvalue weighted by atomic mass is 31.2. The maximum absolute atomic E-state index is 14.2. The van der Waals surface area contributed by atoms with Crippen molar-refractivity contribution in [2.45, 2.75) is 70.3 Å². The number of nitrogens with zero attached hydrogens (tertiary/aromatic N) is 5. The van der Waals surface area contributed by atoms with Crippen molar-refractivity contribution < 1.29 is 42.8 Å². The van der Waals surface area contributed by atoms with Crippen LogP contribution in [0.15, 0.2) is 42.9 Å². The van der Waals surface area contributed by atoms with Gasteiger partial charge in [-0.1, -0.05) is 6.07 Å². The van der Waals surface area contributed by atoms with Crippen molar-refractivity contribution >= 4 is 41.7 Å². The van der Waals surface area contributed by atoms with Crippen molar-refractivity contribution in [1.82, 2.24) is 29.6 Å². The fraction of sp³-hybridized carbons (Fsp3) is 0.464. The van der Waals surface area contributed by atoms with Crippen molar-refractivity contribution in [3.05, 3.63) is 42.9 Å². The zero-order valence-corrected chi connectivity index (χ0v) is 26.5. The van der Waals surface area contributed by atoms with Crippen LogP contribution >= 0.6 is 7.75 Å². The third-order valence-electron chi connectivity index (χ3n) is 6.93. The van der Waals surface area contributed by atoms with Crippen LogP contribution in [0.2, 0.25) is 0 Å². The molecule has 17 heteroatoms. The van der Waals surface area contributed by atoms with Crippen LogP contribution in [-0.2, 0) is 23.4 Å². The summed E-state index contributed by atoms with van der Waals surface area (Å²) in [6, 6.07) is 7.27. The predicted octanol–water partition coefficient (Wildman–Crippen LogP) is 2.50. The first kappa shape index (κ1) is 32.5. The van der Waals surface area contributed by atoms with Crippen molar-refractivity contribution in [1.29, 1.82) is 0 Å². The normalized spacial score (nSPS) is 24.0. The van der Waals surface area contributed by atoms with Crippen molar-refractivity contribution in [3.8, 4) is 11.6 Å². The molecule has 2 unspecified atom stereocenters. The minimum Gasteiger partial charge on any atom is -0.479 e. The second-order valence-corrected chi connectivity index (χ2v) is 13.4. The highest BCUT2D eigenvalue weighted by molar-refractivity contribution is 7.52. The van der Waals surface area contributed by atoms with E-state index in [0.29, 0.717) is 10.9 Å².